The fourth-order valence-electron chi connectivity index (χ4n) is 3.81. The molecule has 2 saturated carbocycles. The maximum atomic E-state index is 12.1. The van der Waals surface area contributed by atoms with Crippen LogP contribution in [0.3, 0.4) is 0 Å². The molecule has 0 aromatic heterocycles. The lowest BCUT2D eigenvalue weighted by molar-refractivity contribution is -0.126. The van der Waals surface area contributed by atoms with Gasteiger partial charge in [-0.05, 0) is 44.6 Å². The minimum Gasteiger partial charge on any atom is -0.379 e. The lowest BCUT2D eigenvalue weighted by Gasteiger charge is -2.35. The van der Waals surface area contributed by atoms with Gasteiger partial charge in [0.15, 0.2) is 0 Å². The predicted octanol–water partition coefficient (Wildman–Crippen LogP) is 0.485. The van der Waals surface area contributed by atoms with Gasteiger partial charge in [-0.3, -0.25) is 9.69 Å². The summed E-state index contributed by atoms with van der Waals surface area (Å²) in [6.45, 7) is 4.78. The van der Waals surface area contributed by atoms with Crippen LogP contribution in [0.4, 0.5) is 0 Å². The molecular weight excluding hydrogens is 254 g/mol. The molecule has 0 aromatic carbocycles. The Balaban J connectivity index is 1.59. The first-order valence-corrected chi connectivity index (χ1v) is 8.08. The zero-order valence-electron chi connectivity index (χ0n) is 12.3. The molecule has 1 saturated heterocycles. The van der Waals surface area contributed by atoms with Gasteiger partial charge in [-0.25, -0.2) is 0 Å². The van der Waals surface area contributed by atoms with Crippen molar-refractivity contribution in [1.29, 1.82) is 0 Å². The number of primary amides is 1. The number of morpholine rings is 1. The van der Waals surface area contributed by atoms with Crippen LogP contribution in [-0.2, 0) is 9.53 Å². The normalized spacial score (nSPS) is 35.3. The van der Waals surface area contributed by atoms with Gasteiger partial charge in [0.05, 0.1) is 13.2 Å². The summed E-state index contributed by atoms with van der Waals surface area (Å²) in [7, 11) is 0. The van der Waals surface area contributed by atoms with Crippen molar-refractivity contribution in [1.82, 2.24) is 10.2 Å². The highest BCUT2D eigenvalue weighted by atomic mass is 16.5. The molecule has 3 fully saturated rings. The van der Waals surface area contributed by atoms with Crippen LogP contribution in [0.15, 0.2) is 0 Å². The van der Waals surface area contributed by atoms with E-state index in [1.165, 1.54) is 12.8 Å². The van der Waals surface area contributed by atoms with Crippen molar-refractivity contribution in [2.75, 3.05) is 32.8 Å². The molecule has 2 unspecified atom stereocenters. The van der Waals surface area contributed by atoms with Crippen LogP contribution >= 0.6 is 0 Å². The third-order valence-corrected chi connectivity index (χ3v) is 5.20. The van der Waals surface area contributed by atoms with Crippen molar-refractivity contribution in [3.63, 3.8) is 0 Å². The summed E-state index contributed by atoms with van der Waals surface area (Å²) in [6, 6.07) is 0.534. The Morgan fingerprint density at radius 3 is 2.70 bits per heavy atom. The number of ether oxygens (including phenoxy) is 1. The van der Waals surface area contributed by atoms with E-state index >= 15 is 0 Å². The molecule has 1 heterocycles. The third-order valence-electron chi connectivity index (χ3n) is 5.20. The van der Waals surface area contributed by atoms with E-state index in [4.69, 9.17) is 10.5 Å². The highest BCUT2D eigenvalue weighted by molar-refractivity contribution is 5.85. The van der Waals surface area contributed by atoms with Crippen LogP contribution in [0.2, 0.25) is 0 Å². The number of carbonyl (C=O) groups is 1. The Morgan fingerprint density at radius 1 is 1.30 bits per heavy atom. The number of nitrogens with zero attached hydrogens (tertiary/aromatic N) is 1. The van der Waals surface area contributed by atoms with E-state index in [9.17, 15) is 4.79 Å². The molecule has 3 N–H and O–H groups in total. The smallest absolute Gasteiger partial charge is 0.238 e. The van der Waals surface area contributed by atoms with Crippen molar-refractivity contribution in [2.24, 2.45) is 11.7 Å². The molecule has 2 aliphatic carbocycles. The fraction of sp³-hybridized carbons (Fsp3) is 0.933. The van der Waals surface area contributed by atoms with Gasteiger partial charge in [0.25, 0.3) is 0 Å². The molecule has 5 heteroatoms. The number of carbonyl (C=O) groups excluding carboxylic acids is 1. The Hall–Kier alpha value is -0.650. The second-order valence-corrected chi connectivity index (χ2v) is 6.59. The molecule has 1 aliphatic heterocycles. The molecule has 5 nitrogen and oxygen atoms in total. The number of hydrogen-bond acceptors (Lipinski definition) is 4. The van der Waals surface area contributed by atoms with Gasteiger partial charge < -0.3 is 15.8 Å². The Kier molecular flexibility index (Phi) is 4.29. The highest BCUT2D eigenvalue weighted by Gasteiger charge is 2.49. The van der Waals surface area contributed by atoms with Crippen LogP contribution < -0.4 is 11.1 Å². The lowest BCUT2D eigenvalue weighted by Crippen LogP contribution is -2.59. The molecule has 0 bridgehead atoms. The molecule has 20 heavy (non-hydrogen) atoms. The van der Waals surface area contributed by atoms with Crippen LogP contribution in [0.5, 0.6) is 0 Å². The molecule has 3 rings (SSSR count). The first kappa shape index (κ1) is 14.3. The van der Waals surface area contributed by atoms with Gasteiger partial charge in [0, 0.05) is 19.1 Å². The minimum absolute atomic E-state index is 0.131. The second kappa shape index (κ2) is 6.00. The first-order valence-electron chi connectivity index (χ1n) is 8.08. The largest absolute Gasteiger partial charge is 0.379 e. The number of rotatable bonds is 6. The molecule has 1 amide bonds. The average Bonchev–Trinajstić information content (AvgIpc) is 3.16. The van der Waals surface area contributed by atoms with Gasteiger partial charge in [0.2, 0.25) is 5.91 Å². The van der Waals surface area contributed by atoms with Crippen molar-refractivity contribution < 1.29 is 9.53 Å². The van der Waals surface area contributed by atoms with Gasteiger partial charge in [-0.2, -0.15) is 0 Å². The van der Waals surface area contributed by atoms with Crippen LogP contribution in [0, 0.1) is 5.92 Å². The third kappa shape index (κ3) is 3.00. The topological polar surface area (TPSA) is 67.6 Å². The molecular formula is C15H27N3O2. The lowest BCUT2D eigenvalue weighted by atomic mass is 9.83. The minimum atomic E-state index is -0.423. The van der Waals surface area contributed by atoms with E-state index in [-0.39, 0.29) is 5.91 Å². The molecule has 114 valence electrons. The number of nitrogens with two attached hydrogens (primary N) is 1. The fourth-order valence-corrected chi connectivity index (χ4v) is 3.81. The van der Waals surface area contributed by atoms with Crippen LogP contribution in [-0.4, -0.2) is 55.2 Å². The van der Waals surface area contributed by atoms with Gasteiger partial charge in [0.1, 0.15) is 5.54 Å². The summed E-state index contributed by atoms with van der Waals surface area (Å²) in [5.74, 6) is 0.275. The van der Waals surface area contributed by atoms with E-state index in [0.717, 1.165) is 58.5 Å². The zero-order valence-corrected chi connectivity index (χ0v) is 12.3. The quantitative estimate of drug-likeness (QED) is 0.743. The number of hydrogen-bond donors (Lipinski definition) is 2. The van der Waals surface area contributed by atoms with E-state index in [2.05, 4.69) is 10.2 Å². The summed E-state index contributed by atoms with van der Waals surface area (Å²) in [5, 5.41) is 3.59. The standard InChI is InChI=1S/C15H27N3O2/c16-14(19)15(17-13-3-4-13)6-1-2-12(15)5-7-18-8-10-20-11-9-18/h12-13,17H,1-11H2,(H2,16,19). The summed E-state index contributed by atoms with van der Waals surface area (Å²) < 4.78 is 5.38. The van der Waals surface area contributed by atoms with Crippen molar-refractivity contribution in [2.45, 2.75) is 50.1 Å². The molecule has 2 atom stereocenters. The van der Waals surface area contributed by atoms with E-state index in [0.29, 0.717) is 12.0 Å². The van der Waals surface area contributed by atoms with Crippen molar-refractivity contribution >= 4 is 5.91 Å². The number of amides is 1. The molecule has 0 radical (unpaired) electrons. The van der Waals surface area contributed by atoms with Crippen molar-refractivity contribution in [3.8, 4) is 0 Å². The predicted molar refractivity (Wildman–Crippen MR) is 77.3 cm³/mol. The molecule has 0 spiro atoms. The second-order valence-electron chi connectivity index (χ2n) is 6.59. The first-order chi connectivity index (χ1) is 9.71. The Bertz CT molecular complexity index is 353. The molecule has 3 aliphatic rings. The van der Waals surface area contributed by atoms with Crippen molar-refractivity contribution in [3.05, 3.63) is 0 Å². The van der Waals surface area contributed by atoms with Crippen LogP contribution in [0.1, 0.15) is 38.5 Å². The maximum absolute atomic E-state index is 12.1. The van der Waals surface area contributed by atoms with Gasteiger partial charge in [-0.15, -0.1) is 0 Å². The maximum Gasteiger partial charge on any atom is 0.238 e. The summed E-state index contributed by atoms with van der Waals surface area (Å²) in [4.78, 5) is 14.5. The average molecular weight is 281 g/mol. The van der Waals surface area contributed by atoms with Gasteiger partial charge in [-0.1, -0.05) is 6.42 Å². The monoisotopic (exact) mass is 281 g/mol. The summed E-state index contributed by atoms with van der Waals surface area (Å²) in [6.07, 6.45) is 6.65. The zero-order chi connectivity index (χ0) is 14.0. The summed E-state index contributed by atoms with van der Waals surface area (Å²) >= 11 is 0. The molecule has 0 aromatic rings. The summed E-state index contributed by atoms with van der Waals surface area (Å²) in [5.41, 5.74) is 5.35. The van der Waals surface area contributed by atoms with E-state index in [1.54, 1.807) is 0 Å². The number of nitrogens with one attached hydrogen (secondary N) is 1. The Morgan fingerprint density at radius 2 is 2.05 bits per heavy atom. The highest BCUT2D eigenvalue weighted by Crippen LogP contribution is 2.40. The van der Waals surface area contributed by atoms with E-state index in [1.807, 2.05) is 0 Å². The van der Waals surface area contributed by atoms with Crippen LogP contribution in [0.25, 0.3) is 0 Å². The van der Waals surface area contributed by atoms with E-state index < -0.39 is 5.54 Å². The SMILES string of the molecule is NC(=O)C1(NC2CC2)CCCC1CCN1CCOCC1. The Labute approximate surface area is 121 Å². The van der Waals surface area contributed by atoms with Gasteiger partial charge >= 0.3 is 0 Å².